The van der Waals surface area contributed by atoms with Crippen LogP contribution in [0.2, 0.25) is 0 Å². The second-order valence-corrected chi connectivity index (χ2v) is 7.45. The van der Waals surface area contributed by atoms with Crippen LogP contribution in [-0.2, 0) is 6.42 Å². The van der Waals surface area contributed by atoms with Gasteiger partial charge in [-0.1, -0.05) is 12.1 Å². The molecule has 2 aromatic carbocycles. The number of rotatable bonds is 8. The van der Waals surface area contributed by atoms with Gasteiger partial charge in [-0.25, -0.2) is 0 Å². The molecule has 0 heterocycles. The van der Waals surface area contributed by atoms with E-state index in [1.807, 2.05) is 19.1 Å². The molecular formula is C18H17Br2N5O2. The summed E-state index contributed by atoms with van der Waals surface area (Å²) in [5.41, 5.74) is 3.35. The van der Waals surface area contributed by atoms with Gasteiger partial charge in [0, 0.05) is 25.1 Å². The van der Waals surface area contributed by atoms with Crippen LogP contribution in [0.15, 0.2) is 49.5 Å². The molecule has 2 rings (SSSR count). The molecule has 1 N–H and O–H groups in total. The van der Waals surface area contributed by atoms with Crippen LogP contribution in [0.25, 0.3) is 0 Å². The first-order valence-electron chi connectivity index (χ1n) is 8.14. The topological polar surface area (TPSA) is 104 Å². The van der Waals surface area contributed by atoms with Crippen LogP contribution < -0.4 is 5.32 Å². The van der Waals surface area contributed by atoms with Crippen molar-refractivity contribution in [1.82, 2.24) is 5.32 Å². The number of nitro benzene ring substituents is 1. The highest BCUT2D eigenvalue weighted by atomic mass is 79.9. The lowest BCUT2D eigenvalue weighted by molar-refractivity contribution is -0.385. The van der Waals surface area contributed by atoms with Gasteiger partial charge < -0.3 is 5.32 Å². The van der Waals surface area contributed by atoms with Gasteiger partial charge >= 0.3 is 0 Å². The zero-order valence-electron chi connectivity index (χ0n) is 14.6. The van der Waals surface area contributed by atoms with Gasteiger partial charge in [0.2, 0.25) is 0 Å². The van der Waals surface area contributed by atoms with E-state index < -0.39 is 4.92 Å². The smallest absolute Gasteiger partial charge is 0.271 e. The van der Waals surface area contributed by atoms with E-state index in [9.17, 15) is 10.1 Å². The van der Waals surface area contributed by atoms with E-state index in [2.05, 4.69) is 59.5 Å². The number of nitrogens with zero attached hydrogens (tertiary/aromatic N) is 4. The van der Waals surface area contributed by atoms with Gasteiger partial charge in [-0.3, -0.25) is 10.1 Å². The molecule has 0 amide bonds. The molecule has 0 saturated heterocycles. The fourth-order valence-electron chi connectivity index (χ4n) is 2.34. The molecule has 0 spiro atoms. The van der Waals surface area contributed by atoms with E-state index in [0.717, 1.165) is 24.2 Å². The van der Waals surface area contributed by atoms with Gasteiger partial charge in [-0.2, -0.15) is 10.4 Å². The van der Waals surface area contributed by atoms with Crippen LogP contribution in [0.3, 0.4) is 0 Å². The lowest BCUT2D eigenvalue weighted by Crippen LogP contribution is -2.18. The van der Waals surface area contributed by atoms with E-state index in [0.29, 0.717) is 27.6 Å². The molecular weight excluding hydrogens is 478 g/mol. The van der Waals surface area contributed by atoms with Gasteiger partial charge in [0.1, 0.15) is 5.69 Å². The lowest BCUT2D eigenvalue weighted by Gasteiger charge is -2.06. The van der Waals surface area contributed by atoms with Crippen molar-refractivity contribution in [2.24, 2.45) is 10.2 Å². The normalized spacial score (nSPS) is 10.9. The first-order valence-corrected chi connectivity index (χ1v) is 9.73. The molecule has 0 aliphatic carbocycles. The summed E-state index contributed by atoms with van der Waals surface area (Å²) in [6, 6.07) is 10.8. The van der Waals surface area contributed by atoms with Crippen LogP contribution in [0.5, 0.6) is 0 Å². The predicted molar refractivity (Wildman–Crippen MR) is 111 cm³/mol. The molecule has 2 aromatic rings. The van der Waals surface area contributed by atoms with E-state index in [-0.39, 0.29) is 5.69 Å². The Labute approximate surface area is 173 Å². The van der Waals surface area contributed by atoms with Crippen molar-refractivity contribution in [3.8, 4) is 6.07 Å². The fraction of sp³-hybridized carbons (Fsp3) is 0.278. The summed E-state index contributed by atoms with van der Waals surface area (Å²) in [6.07, 6.45) is 1.37. The molecule has 0 aliphatic heterocycles. The molecule has 0 fully saturated rings. The van der Waals surface area contributed by atoms with Crippen molar-refractivity contribution >= 4 is 48.9 Å². The maximum atomic E-state index is 10.9. The number of hydrogen-bond donors (Lipinski definition) is 1. The van der Waals surface area contributed by atoms with Gasteiger partial charge in [0.25, 0.3) is 5.69 Å². The first-order chi connectivity index (χ1) is 12.9. The average Bonchev–Trinajstić information content (AvgIpc) is 2.62. The quantitative estimate of drug-likeness (QED) is 0.214. The largest absolute Gasteiger partial charge is 0.315 e. The van der Waals surface area contributed by atoms with E-state index in [4.69, 9.17) is 5.26 Å². The minimum absolute atomic E-state index is 0.0309. The third-order valence-electron chi connectivity index (χ3n) is 3.74. The highest BCUT2D eigenvalue weighted by Crippen LogP contribution is 2.38. The SMILES string of the molecule is Cc1cc(CCNCCC#N)ccc1N=Nc1c(Br)cc([N+](=O)[O-])cc1Br. The maximum Gasteiger partial charge on any atom is 0.271 e. The Morgan fingerprint density at radius 1 is 1.19 bits per heavy atom. The molecule has 0 unspecified atom stereocenters. The molecule has 0 aromatic heterocycles. The first kappa shape index (κ1) is 21.2. The minimum atomic E-state index is -0.464. The number of non-ortho nitro benzene ring substituents is 1. The number of aryl methyl sites for hydroxylation is 1. The average molecular weight is 495 g/mol. The third kappa shape index (κ3) is 6.20. The number of nitro groups is 1. The highest BCUT2D eigenvalue weighted by molar-refractivity contribution is 9.11. The Morgan fingerprint density at radius 3 is 2.48 bits per heavy atom. The van der Waals surface area contributed by atoms with Crippen molar-refractivity contribution in [2.45, 2.75) is 19.8 Å². The second-order valence-electron chi connectivity index (χ2n) is 5.74. The van der Waals surface area contributed by atoms with Crippen LogP contribution in [0.1, 0.15) is 17.5 Å². The van der Waals surface area contributed by atoms with E-state index in [1.165, 1.54) is 17.7 Å². The Balaban J connectivity index is 2.09. The molecule has 0 atom stereocenters. The van der Waals surface area contributed by atoms with Gasteiger partial charge in [-0.15, -0.1) is 5.11 Å². The Bertz CT molecular complexity index is 886. The van der Waals surface area contributed by atoms with E-state index in [1.54, 1.807) is 0 Å². The number of halogens is 2. The third-order valence-corrected chi connectivity index (χ3v) is 4.94. The Kier molecular flexibility index (Phi) is 8.03. The molecule has 9 heteroatoms. The standard InChI is InChI=1S/C18H17Br2N5O2/c1-12-9-13(5-8-22-7-2-6-21)3-4-17(12)23-24-18-15(19)10-14(25(26)27)11-16(18)20/h3-4,9-11,22H,2,5,7-8H2,1H3. The van der Waals surface area contributed by atoms with Crippen LogP contribution in [0.4, 0.5) is 17.1 Å². The van der Waals surface area contributed by atoms with Gasteiger partial charge in [0.05, 0.1) is 25.6 Å². The molecule has 0 aliphatic rings. The number of nitrogens with one attached hydrogen (secondary N) is 1. The second kappa shape index (κ2) is 10.3. The summed E-state index contributed by atoms with van der Waals surface area (Å²) in [7, 11) is 0. The molecule has 0 radical (unpaired) electrons. The fourth-order valence-corrected chi connectivity index (χ4v) is 3.67. The van der Waals surface area contributed by atoms with Crippen molar-refractivity contribution < 1.29 is 4.92 Å². The summed E-state index contributed by atoms with van der Waals surface area (Å²) in [5, 5.41) is 31.1. The summed E-state index contributed by atoms with van der Waals surface area (Å²) < 4.78 is 0.982. The van der Waals surface area contributed by atoms with Crippen molar-refractivity contribution in [2.75, 3.05) is 13.1 Å². The zero-order valence-corrected chi connectivity index (χ0v) is 17.7. The summed E-state index contributed by atoms with van der Waals surface area (Å²) in [5.74, 6) is 0. The van der Waals surface area contributed by atoms with Crippen LogP contribution in [-0.4, -0.2) is 18.0 Å². The predicted octanol–water partition coefficient (Wildman–Crippen LogP) is 5.89. The molecule has 7 nitrogen and oxygen atoms in total. The summed E-state index contributed by atoms with van der Waals surface area (Å²) >= 11 is 6.60. The van der Waals surface area contributed by atoms with Gasteiger partial charge in [0.15, 0.2) is 0 Å². The Morgan fingerprint density at radius 2 is 1.89 bits per heavy atom. The maximum absolute atomic E-state index is 10.9. The summed E-state index contributed by atoms with van der Waals surface area (Å²) in [6.45, 7) is 3.46. The minimum Gasteiger partial charge on any atom is -0.315 e. The summed E-state index contributed by atoms with van der Waals surface area (Å²) in [4.78, 5) is 10.4. The van der Waals surface area contributed by atoms with Crippen molar-refractivity contribution in [3.05, 3.63) is 60.5 Å². The highest BCUT2D eigenvalue weighted by Gasteiger charge is 2.14. The lowest BCUT2D eigenvalue weighted by atomic mass is 10.1. The number of nitriles is 1. The molecule has 0 saturated carbocycles. The van der Waals surface area contributed by atoms with Crippen molar-refractivity contribution in [1.29, 1.82) is 5.26 Å². The van der Waals surface area contributed by atoms with Crippen LogP contribution in [0, 0.1) is 28.4 Å². The van der Waals surface area contributed by atoms with Crippen molar-refractivity contribution in [3.63, 3.8) is 0 Å². The number of benzene rings is 2. The molecule has 0 bridgehead atoms. The number of azo groups is 1. The van der Waals surface area contributed by atoms with Gasteiger partial charge in [-0.05, 0) is 68.9 Å². The number of hydrogen-bond acceptors (Lipinski definition) is 6. The molecule has 27 heavy (non-hydrogen) atoms. The zero-order chi connectivity index (χ0) is 19.8. The molecule has 140 valence electrons. The Hall–Kier alpha value is -2.15. The monoisotopic (exact) mass is 493 g/mol. The van der Waals surface area contributed by atoms with Crippen LogP contribution >= 0.6 is 31.9 Å². The van der Waals surface area contributed by atoms with E-state index >= 15 is 0 Å².